The third-order valence-electron chi connectivity index (χ3n) is 1.59. The second-order valence-electron chi connectivity index (χ2n) is 2.54. The molecule has 0 amide bonds. The fourth-order valence-electron chi connectivity index (χ4n) is 0.853. The van der Waals surface area contributed by atoms with Crippen LogP contribution in [-0.2, 0) is 4.79 Å². The molecule has 0 spiro atoms. The van der Waals surface area contributed by atoms with Crippen molar-refractivity contribution >= 4 is 11.5 Å². The van der Waals surface area contributed by atoms with Crippen molar-refractivity contribution in [3.05, 3.63) is 41.7 Å². The Kier molecular flexibility index (Phi) is 2.60. The summed E-state index contributed by atoms with van der Waals surface area (Å²) in [5.74, 6) is -5.94. The van der Waals surface area contributed by atoms with Crippen LogP contribution < -0.4 is 0 Å². The molecule has 1 rings (SSSR count). The molecule has 74 valence electrons. The Bertz CT molecular complexity index is 390. The standard InChI is InChI=1S/C9H5F3O2/c1-4(9(13)14)5-2-6(10)8(12)7(11)3-5/h2-3H,1H2,(H,13,14). The van der Waals surface area contributed by atoms with E-state index in [0.29, 0.717) is 12.1 Å². The monoisotopic (exact) mass is 202 g/mol. The van der Waals surface area contributed by atoms with Crippen LogP contribution in [0.1, 0.15) is 5.56 Å². The van der Waals surface area contributed by atoms with E-state index in [1.54, 1.807) is 0 Å². The van der Waals surface area contributed by atoms with E-state index in [4.69, 9.17) is 5.11 Å². The van der Waals surface area contributed by atoms with E-state index in [2.05, 4.69) is 6.58 Å². The van der Waals surface area contributed by atoms with Gasteiger partial charge < -0.3 is 5.11 Å². The molecule has 0 aliphatic carbocycles. The van der Waals surface area contributed by atoms with Crippen LogP contribution in [0.2, 0.25) is 0 Å². The number of carboxylic acids is 1. The van der Waals surface area contributed by atoms with Gasteiger partial charge in [-0.3, -0.25) is 0 Å². The first-order valence-corrected chi connectivity index (χ1v) is 3.50. The fourth-order valence-corrected chi connectivity index (χ4v) is 0.853. The summed E-state index contributed by atoms with van der Waals surface area (Å²) in [5.41, 5.74) is -0.795. The summed E-state index contributed by atoms with van der Waals surface area (Å²) in [7, 11) is 0. The summed E-state index contributed by atoms with van der Waals surface area (Å²) in [4.78, 5) is 10.4. The van der Waals surface area contributed by atoms with Gasteiger partial charge in [0.15, 0.2) is 17.5 Å². The van der Waals surface area contributed by atoms with Gasteiger partial charge >= 0.3 is 5.97 Å². The quantitative estimate of drug-likeness (QED) is 0.589. The molecule has 0 saturated carbocycles. The predicted octanol–water partition coefficient (Wildman–Crippen LogP) is 2.20. The van der Waals surface area contributed by atoms with Gasteiger partial charge in [-0.2, -0.15) is 0 Å². The lowest BCUT2D eigenvalue weighted by atomic mass is 10.1. The Morgan fingerprint density at radius 3 is 2.00 bits per heavy atom. The van der Waals surface area contributed by atoms with Crippen molar-refractivity contribution in [3.8, 4) is 0 Å². The normalized spacial score (nSPS) is 9.93. The van der Waals surface area contributed by atoms with Crippen molar-refractivity contribution in [2.24, 2.45) is 0 Å². The first kappa shape index (κ1) is 10.3. The number of hydrogen-bond donors (Lipinski definition) is 1. The summed E-state index contributed by atoms with van der Waals surface area (Å²) < 4.78 is 37.7. The van der Waals surface area contributed by atoms with E-state index >= 15 is 0 Å². The third kappa shape index (κ3) is 1.76. The maximum atomic E-state index is 12.6. The molecule has 0 fully saturated rings. The Morgan fingerprint density at radius 1 is 1.21 bits per heavy atom. The highest BCUT2D eigenvalue weighted by molar-refractivity contribution is 6.14. The number of halogens is 3. The smallest absolute Gasteiger partial charge is 0.335 e. The molecule has 0 heterocycles. The molecule has 1 aromatic carbocycles. The van der Waals surface area contributed by atoms with Crippen molar-refractivity contribution in [2.45, 2.75) is 0 Å². The lowest BCUT2D eigenvalue weighted by Crippen LogP contribution is -2.01. The molecule has 0 saturated heterocycles. The highest BCUT2D eigenvalue weighted by atomic mass is 19.2. The van der Waals surface area contributed by atoms with Crippen molar-refractivity contribution < 1.29 is 23.1 Å². The number of hydrogen-bond acceptors (Lipinski definition) is 1. The van der Waals surface area contributed by atoms with Crippen LogP contribution in [-0.4, -0.2) is 11.1 Å². The number of rotatable bonds is 2. The zero-order valence-corrected chi connectivity index (χ0v) is 6.85. The lowest BCUT2D eigenvalue weighted by molar-refractivity contribution is -0.130. The van der Waals surface area contributed by atoms with Gasteiger partial charge in [-0.25, -0.2) is 18.0 Å². The predicted molar refractivity (Wildman–Crippen MR) is 43.0 cm³/mol. The van der Waals surface area contributed by atoms with Gasteiger partial charge in [0.2, 0.25) is 0 Å². The molecule has 0 aromatic heterocycles. The zero-order chi connectivity index (χ0) is 10.9. The van der Waals surface area contributed by atoms with Gasteiger partial charge in [0.1, 0.15) is 0 Å². The largest absolute Gasteiger partial charge is 0.478 e. The summed E-state index contributed by atoms with van der Waals surface area (Å²) in [6.07, 6.45) is 0. The molecule has 1 aromatic rings. The van der Waals surface area contributed by atoms with Gasteiger partial charge in [0.05, 0.1) is 5.57 Å². The maximum Gasteiger partial charge on any atom is 0.335 e. The minimum absolute atomic E-state index is 0.297. The van der Waals surface area contributed by atoms with Gasteiger partial charge in [0.25, 0.3) is 0 Å². The Hall–Kier alpha value is -1.78. The first-order valence-electron chi connectivity index (χ1n) is 3.50. The summed E-state index contributed by atoms with van der Waals surface area (Å²) in [6.45, 7) is 3.08. The second-order valence-corrected chi connectivity index (χ2v) is 2.54. The van der Waals surface area contributed by atoms with Gasteiger partial charge in [-0.05, 0) is 17.7 Å². The van der Waals surface area contributed by atoms with Gasteiger partial charge in [-0.15, -0.1) is 0 Å². The SMILES string of the molecule is C=C(C(=O)O)c1cc(F)c(F)c(F)c1. The van der Waals surface area contributed by atoms with Gasteiger partial charge in [0, 0.05) is 0 Å². The Labute approximate surface area is 77.3 Å². The van der Waals surface area contributed by atoms with Crippen LogP contribution in [0.25, 0.3) is 5.57 Å². The van der Waals surface area contributed by atoms with E-state index in [1.165, 1.54) is 0 Å². The highest BCUT2D eigenvalue weighted by Gasteiger charge is 2.14. The van der Waals surface area contributed by atoms with Crippen LogP contribution in [0, 0.1) is 17.5 Å². The number of aliphatic carboxylic acids is 1. The number of benzene rings is 1. The highest BCUT2D eigenvalue weighted by Crippen LogP contribution is 2.19. The Balaban J connectivity index is 3.26. The molecule has 0 radical (unpaired) electrons. The zero-order valence-electron chi connectivity index (χ0n) is 6.85. The summed E-state index contributed by atoms with van der Waals surface area (Å²) in [5, 5.41) is 8.45. The topological polar surface area (TPSA) is 37.3 Å². The van der Waals surface area contributed by atoms with E-state index in [9.17, 15) is 18.0 Å². The van der Waals surface area contributed by atoms with E-state index in [0.717, 1.165) is 0 Å². The minimum Gasteiger partial charge on any atom is -0.478 e. The Morgan fingerprint density at radius 2 is 1.64 bits per heavy atom. The molecule has 0 unspecified atom stereocenters. The molecular weight excluding hydrogens is 197 g/mol. The molecule has 0 bridgehead atoms. The fraction of sp³-hybridized carbons (Fsp3) is 0. The van der Waals surface area contributed by atoms with Crippen LogP contribution in [0.3, 0.4) is 0 Å². The van der Waals surface area contributed by atoms with Crippen molar-refractivity contribution in [2.75, 3.05) is 0 Å². The molecule has 0 aliphatic heterocycles. The minimum atomic E-state index is -1.63. The van der Waals surface area contributed by atoms with E-state index in [-0.39, 0.29) is 5.56 Å². The molecular formula is C9H5F3O2. The van der Waals surface area contributed by atoms with Crippen LogP contribution in [0.4, 0.5) is 13.2 Å². The summed E-state index contributed by atoms with van der Waals surface area (Å²) >= 11 is 0. The third-order valence-corrected chi connectivity index (χ3v) is 1.59. The van der Waals surface area contributed by atoms with Gasteiger partial charge in [-0.1, -0.05) is 6.58 Å². The van der Waals surface area contributed by atoms with Crippen molar-refractivity contribution in [1.82, 2.24) is 0 Å². The molecule has 5 heteroatoms. The van der Waals surface area contributed by atoms with Crippen LogP contribution in [0.5, 0.6) is 0 Å². The maximum absolute atomic E-state index is 12.6. The number of carbonyl (C=O) groups is 1. The molecule has 14 heavy (non-hydrogen) atoms. The lowest BCUT2D eigenvalue weighted by Gasteiger charge is -2.02. The molecule has 0 atom stereocenters. The average Bonchev–Trinajstić information content (AvgIpc) is 2.12. The number of carboxylic acid groups (broad SMARTS) is 1. The van der Waals surface area contributed by atoms with E-state index in [1.807, 2.05) is 0 Å². The first-order chi connectivity index (χ1) is 6.43. The molecule has 2 nitrogen and oxygen atoms in total. The van der Waals surface area contributed by atoms with Crippen molar-refractivity contribution in [1.29, 1.82) is 0 Å². The van der Waals surface area contributed by atoms with Crippen LogP contribution >= 0.6 is 0 Å². The average molecular weight is 202 g/mol. The van der Waals surface area contributed by atoms with E-state index < -0.39 is 29.0 Å². The second kappa shape index (κ2) is 3.53. The van der Waals surface area contributed by atoms with Crippen molar-refractivity contribution in [3.63, 3.8) is 0 Å². The molecule has 1 N–H and O–H groups in total. The van der Waals surface area contributed by atoms with Crippen LogP contribution in [0.15, 0.2) is 18.7 Å². The summed E-state index contributed by atoms with van der Waals surface area (Å²) in [6, 6.07) is 1.16. The molecule has 0 aliphatic rings.